The van der Waals surface area contributed by atoms with Crippen LogP contribution in [0, 0.1) is 5.92 Å². The van der Waals surface area contributed by atoms with Crippen LogP contribution in [-0.4, -0.2) is 46.3 Å². The molecule has 7 heteroatoms. The molecule has 0 spiro atoms. The number of aliphatic hydroxyl groups is 1. The van der Waals surface area contributed by atoms with Crippen LogP contribution in [0.15, 0.2) is 6.20 Å². The van der Waals surface area contributed by atoms with E-state index in [1.54, 1.807) is 7.11 Å². The summed E-state index contributed by atoms with van der Waals surface area (Å²) < 4.78 is 5.41. The molecule has 3 rings (SSSR count). The van der Waals surface area contributed by atoms with Gasteiger partial charge in [0.2, 0.25) is 5.95 Å². The molecule has 0 bridgehead atoms. The van der Waals surface area contributed by atoms with Gasteiger partial charge in [0.05, 0.1) is 23.5 Å². The van der Waals surface area contributed by atoms with E-state index in [9.17, 15) is 9.90 Å². The molecule has 1 amide bonds. The average molecular weight is 362 g/mol. The van der Waals surface area contributed by atoms with E-state index in [0.29, 0.717) is 41.7 Å². The summed E-state index contributed by atoms with van der Waals surface area (Å²) in [7, 11) is 1.76. The zero-order valence-electron chi connectivity index (χ0n) is 15.5. The normalized spacial score (nSPS) is 29.3. The number of amides is 1. The van der Waals surface area contributed by atoms with Crippen LogP contribution in [0.25, 0.3) is 0 Å². The second-order valence-corrected chi connectivity index (χ2v) is 7.66. The van der Waals surface area contributed by atoms with Crippen LogP contribution >= 0.6 is 0 Å². The van der Waals surface area contributed by atoms with Gasteiger partial charge in [-0.15, -0.1) is 0 Å². The van der Waals surface area contributed by atoms with Gasteiger partial charge in [0, 0.05) is 19.3 Å². The molecule has 2 atom stereocenters. The number of rotatable bonds is 6. The zero-order chi connectivity index (χ0) is 18.5. The molecule has 1 aromatic heterocycles. The SMILES string of the molecule is COC1CCC(Nc2ncc(C(N)=O)c(C[C@@H]3CCC[C@H](O)C3)n2)CC1. The largest absolute Gasteiger partial charge is 0.393 e. The lowest BCUT2D eigenvalue weighted by Crippen LogP contribution is -2.30. The van der Waals surface area contributed by atoms with Crippen molar-refractivity contribution in [3.05, 3.63) is 17.5 Å². The number of methoxy groups -OCH3 is 1. The molecule has 0 aliphatic heterocycles. The number of hydrogen-bond donors (Lipinski definition) is 3. The molecule has 1 aromatic rings. The third-order valence-corrected chi connectivity index (χ3v) is 5.71. The first-order valence-electron chi connectivity index (χ1n) is 9.68. The number of anilines is 1. The first-order valence-corrected chi connectivity index (χ1v) is 9.68. The summed E-state index contributed by atoms with van der Waals surface area (Å²) in [4.78, 5) is 20.7. The maximum atomic E-state index is 11.8. The monoisotopic (exact) mass is 362 g/mol. The van der Waals surface area contributed by atoms with Crippen molar-refractivity contribution in [2.24, 2.45) is 11.7 Å². The van der Waals surface area contributed by atoms with Crippen molar-refractivity contribution in [2.45, 2.75) is 76.0 Å². The molecule has 0 radical (unpaired) electrons. The molecule has 144 valence electrons. The van der Waals surface area contributed by atoms with E-state index in [1.165, 1.54) is 6.20 Å². The lowest BCUT2D eigenvalue weighted by atomic mass is 9.84. The number of aliphatic hydroxyl groups excluding tert-OH is 1. The summed E-state index contributed by atoms with van der Waals surface area (Å²) >= 11 is 0. The number of ether oxygens (including phenoxy) is 1. The fourth-order valence-electron chi connectivity index (χ4n) is 4.20. The minimum Gasteiger partial charge on any atom is -0.393 e. The molecule has 2 aliphatic rings. The van der Waals surface area contributed by atoms with Gasteiger partial charge in [-0.3, -0.25) is 4.79 Å². The molecule has 2 saturated carbocycles. The van der Waals surface area contributed by atoms with Crippen LogP contribution < -0.4 is 11.1 Å². The fourth-order valence-corrected chi connectivity index (χ4v) is 4.20. The van der Waals surface area contributed by atoms with Gasteiger partial charge in [-0.05, 0) is 57.3 Å². The highest BCUT2D eigenvalue weighted by Gasteiger charge is 2.25. The number of nitrogens with zero attached hydrogens (tertiary/aromatic N) is 2. The van der Waals surface area contributed by atoms with Gasteiger partial charge in [0.15, 0.2) is 0 Å². The Morgan fingerprint density at radius 3 is 2.73 bits per heavy atom. The number of nitrogens with one attached hydrogen (secondary N) is 1. The Morgan fingerprint density at radius 2 is 2.08 bits per heavy atom. The second kappa shape index (κ2) is 8.77. The number of primary amides is 1. The van der Waals surface area contributed by atoms with Crippen LogP contribution in [0.5, 0.6) is 0 Å². The maximum absolute atomic E-state index is 11.8. The van der Waals surface area contributed by atoms with Gasteiger partial charge in [-0.2, -0.15) is 0 Å². The molecule has 2 fully saturated rings. The molecule has 0 aromatic carbocycles. The van der Waals surface area contributed by atoms with Crippen molar-refractivity contribution in [3.8, 4) is 0 Å². The molecule has 0 unspecified atom stereocenters. The molecule has 2 aliphatic carbocycles. The third kappa shape index (κ3) is 4.92. The Balaban J connectivity index is 1.68. The zero-order valence-corrected chi connectivity index (χ0v) is 15.5. The second-order valence-electron chi connectivity index (χ2n) is 7.66. The highest BCUT2D eigenvalue weighted by atomic mass is 16.5. The molecular weight excluding hydrogens is 332 g/mol. The van der Waals surface area contributed by atoms with Gasteiger partial charge >= 0.3 is 0 Å². The topological polar surface area (TPSA) is 110 Å². The number of carbonyl (C=O) groups excluding carboxylic acids is 1. The Labute approximate surface area is 154 Å². The van der Waals surface area contributed by atoms with Crippen LogP contribution in [0.3, 0.4) is 0 Å². The predicted octanol–water partition coefficient (Wildman–Crippen LogP) is 2.04. The van der Waals surface area contributed by atoms with Gasteiger partial charge in [-0.25, -0.2) is 9.97 Å². The summed E-state index contributed by atoms with van der Waals surface area (Å²) in [6.07, 6.45) is 10.1. The Morgan fingerprint density at radius 1 is 1.31 bits per heavy atom. The van der Waals surface area contributed by atoms with Gasteiger partial charge in [0.1, 0.15) is 0 Å². The minimum absolute atomic E-state index is 0.249. The predicted molar refractivity (Wildman–Crippen MR) is 98.9 cm³/mol. The van der Waals surface area contributed by atoms with Gasteiger partial charge in [0.25, 0.3) is 5.91 Å². The first kappa shape index (κ1) is 19.0. The molecule has 1 heterocycles. The Kier molecular flexibility index (Phi) is 6.43. The summed E-state index contributed by atoms with van der Waals surface area (Å²) in [5.41, 5.74) is 6.59. The molecular formula is C19H30N4O3. The van der Waals surface area contributed by atoms with Crippen LogP contribution in [-0.2, 0) is 11.2 Å². The average Bonchev–Trinajstić information content (AvgIpc) is 2.62. The standard InChI is InChI=1S/C19H30N4O3/c1-26-15-7-5-13(6-8-15)22-19-21-11-16(18(20)25)17(23-19)10-12-3-2-4-14(24)9-12/h11-15,24H,2-10H2,1H3,(H2,20,25)(H,21,22,23)/t12-,13?,14+,15?/m1/s1. The Hall–Kier alpha value is -1.73. The molecule has 7 nitrogen and oxygen atoms in total. The van der Waals surface area contributed by atoms with Crippen molar-refractivity contribution < 1.29 is 14.6 Å². The van der Waals surface area contributed by atoms with Crippen LogP contribution in [0.4, 0.5) is 5.95 Å². The van der Waals surface area contributed by atoms with Gasteiger partial charge < -0.3 is 20.9 Å². The highest BCUT2D eigenvalue weighted by Crippen LogP contribution is 2.28. The summed E-state index contributed by atoms with van der Waals surface area (Å²) in [6.45, 7) is 0. The van der Waals surface area contributed by atoms with E-state index in [1.807, 2.05) is 0 Å². The van der Waals surface area contributed by atoms with E-state index in [4.69, 9.17) is 10.5 Å². The molecule has 0 saturated heterocycles. The minimum atomic E-state index is -0.497. The summed E-state index contributed by atoms with van der Waals surface area (Å²) in [5.74, 6) is 0.391. The van der Waals surface area contributed by atoms with Gasteiger partial charge in [-0.1, -0.05) is 6.42 Å². The summed E-state index contributed by atoms with van der Waals surface area (Å²) in [6, 6.07) is 0.324. The lowest BCUT2D eigenvalue weighted by molar-refractivity contribution is 0.0681. The number of carbonyl (C=O) groups is 1. The molecule has 4 N–H and O–H groups in total. The van der Waals surface area contributed by atoms with Crippen molar-refractivity contribution >= 4 is 11.9 Å². The fraction of sp³-hybridized carbons (Fsp3) is 0.737. The van der Waals surface area contributed by atoms with Crippen molar-refractivity contribution in [1.82, 2.24) is 9.97 Å². The first-order chi connectivity index (χ1) is 12.5. The van der Waals surface area contributed by atoms with Crippen molar-refractivity contribution in [3.63, 3.8) is 0 Å². The third-order valence-electron chi connectivity index (χ3n) is 5.71. The lowest BCUT2D eigenvalue weighted by Gasteiger charge is -2.28. The Bertz CT molecular complexity index is 617. The van der Waals surface area contributed by atoms with E-state index in [2.05, 4.69) is 15.3 Å². The highest BCUT2D eigenvalue weighted by molar-refractivity contribution is 5.93. The number of hydrogen-bond acceptors (Lipinski definition) is 6. The van der Waals surface area contributed by atoms with Crippen molar-refractivity contribution in [2.75, 3.05) is 12.4 Å². The quantitative estimate of drug-likeness (QED) is 0.714. The van der Waals surface area contributed by atoms with Crippen LogP contribution in [0.2, 0.25) is 0 Å². The van der Waals surface area contributed by atoms with Crippen LogP contribution in [0.1, 0.15) is 67.4 Å². The van der Waals surface area contributed by atoms with E-state index in [0.717, 1.165) is 51.4 Å². The molecule has 26 heavy (non-hydrogen) atoms. The van der Waals surface area contributed by atoms with E-state index < -0.39 is 5.91 Å². The van der Waals surface area contributed by atoms with Crippen molar-refractivity contribution in [1.29, 1.82) is 0 Å². The summed E-state index contributed by atoms with van der Waals surface area (Å²) in [5, 5.41) is 13.3. The van der Waals surface area contributed by atoms with E-state index >= 15 is 0 Å². The maximum Gasteiger partial charge on any atom is 0.252 e. The number of nitrogens with two attached hydrogens (primary N) is 1. The number of aromatic nitrogens is 2. The van der Waals surface area contributed by atoms with E-state index in [-0.39, 0.29) is 6.10 Å². The smallest absolute Gasteiger partial charge is 0.252 e.